The molecule has 1 amide bonds. The number of methoxy groups -OCH3 is 2. The van der Waals surface area contributed by atoms with Gasteiger partial charge in [0.1, 0.15) is 17.8 Å². The second-order valence-electron chi connectivity index (χ2n) is 5.22. The molecule has 0 unspecified atom stereocenters. The molecule has 0 saturated carbocycles. The Morgan fingerprint density at radius 1 is 1.15 bits per heavy atom. The van der Waals surface area contributed by atoms with E-state index in [0.717, 1.165) is 5.69 Å². The summed E-state index contributed by atoms with van der Waals surface area (Å²) in [6.07, 6.45) is 1.63. The molecule has 0 spiro atoms. The molecule has 0 radical (unpaired) electrons. The largest absolute Gasteiger partial charge is 0.497 e. The number of nitrogens with zero attached hydrogens (tertiary/aromatic N) is 3. The molecular weight excluding hydrogens is 352 g/mol. The Balaban J connectivity index is 1.67. The summed E-state index contributed by atoms with van der Waals surface area (Å²) in [4.78, 5) is 12.3. The smallest absolute Gasteiger partial charge is 0.234 e. The van der Waals surface area contributed by atoms with E-state index in [4.69, 9.17) is 9.47 Å². The van der Waals surface area contributed by atoms with E-state index in [9.17, 15) is 4.79 Å². The van der Waals surface area contributed by atoms with E-state index in [1.54, 1.807) is 38.7 Å². The van der Waals surface area contributed by atoms with Gasteiger partial charge in [0.15, 0.2) is 5.16 Å². The average Bonchev–Trinajstić information content (AvgIpc) is 3.15. The lowest BCUT2D eigenvalue weighted by molar-refractivity contribution is -0.113. The number of nitrogens with one attached hydrogen (secondary N) is 1. The number of aromatic nitrogens is 3. The fourth-order valence-corrected chi connectivity index (χ4v) is 3.05. The Morgan fingerprint density at radius 2 is 1.96 bits per heavy atom. The summed E-state index contributed by atoms with van der Waals surface area (Å²) in [7, 11) is 3.12. The van der Waals surface area contributed by atoms with E-state index >= 15 is 0 Å². The van der Waals surface area contributed by atoms with Gasteiger partial charge >= 0.3 is 0 Å². The number of benzene rings is 2. The first-order valence-electron chi connectivity index (χ1n) is 7.81. The van der Waals surface area contributed by atoms with Gasteiger partial charge < -0.3 is 14.8 Å². The highest BCUT2D eigenvalue weighted by atomic mass is 32.2. The lowest BCUT2D eigenvalue weighted by Crippen LogP contribution is -2.15. The van der Waals surface area contributed by atoms with Crippen molar-refractivity contribution in [3.63, 3.8) is 0 Å². The van der Waals surface area contributed by atoms with Gasteiger partial charge in [0.25, 0.3) is 0 Å². The number of rotatable bonds is 7. The number of anilines is 1. The first-order chi connectivity index (χ1) is 12.7. The van der Waals surface area contributed by atoms with Gasteiger partial charge in [-0.25, -0.2) is 0 Å². The van der Waals surface area contributed by atoms with Crippen LogP contribution in [0.4, 0.5) is 5.69 Å². The van der Waals surface area contributed by atoms with Gasteiger partial charge in [0.2, 0.25) is 5.91 Å². The molecule has 1 N–H and O–H groups in total. The highest BCUT2D eigenvalue weighted by Gasteiger charge is 2.12. The summed E-state index contributed by atoms with van der Waals surface area (Å²) >= 11 is 1.30. The molecule has 0 fully saturated rings. The van der Waals surface area contributed by atoms with Crippen LogP contribution in [0.2, 0.25) is 0 Å². The van der Waals surface area contributed by atoms with Gasteiger partial charge in [-0.3, -0.25) is 9.36 Å². The van der Waals surface area contributed by atoms with E-state index in [-0.39, 0.29) is 11.7 Å². The molecule has 0 aliphatic rings. The summed E-state index contributed by atoms with van der Waals surface area (Å²) < 4.78 is 12.3. The summed E-state index contributed by atoms with van der Waals surface area (Å²) in [5.74, 6) is 1.21. The summed E-state index contributed by atoms with van der Waals surface area (Å²) in [5.41, 5.74) is 1.50. The predicted molar refractivity (Wildman–Crippen MR) is 100 cm³/mol. The molecule has 2 aromatic carbocycles. The number of carbonyl (C=O) groups is 1. The minimum atomic E-state index is -0.177. The van der Waals surface area contributed by atoms with Crippen LogP contribution in [0.1, 0.15) is 0 Å². The van der Waals surface area contributed by atoms with E-state index < -0.39 is 0 Å². The molecule has 1 aromatic heterocycles. The number of hydrogen-bond acceptors (Lipinski definition) is 6. The van der Waals surface area contributed by atoms with Crippen molar-refractivity contribution in [1.29, 1.82) is 0 Å². The van der Waals surface area contributed by atoms with Crippen LogP contribution in [0, 0.1) is 0 Å². The third-order valence-corrected chi connectivity index (χ3v) is 4.51. The maximum absolute atomic E-state index is 12.3. The van der Waals surface area contributed by atoms with Crippen molar-refractivity contribution in [3.8, 4) is 17.2 Å². The number of ether oxygens (including phenoxy) is 2. The number of amides is 1. The standard InChI is InChI=1S/C18H18N4O3S/c1-24-14-8-9-16(25-2)15(10-14)20-17(23)11-26-18-21-19-12-22(18)13-6-4-3-5-7-13/h3-10,12H,11H2,1-2H3,(H,20,23). The van der Waals surface area contributed by atoms with Crippen LogP contribution in [0.25, 0.3) is 5.69 Å². The number of para-hydroxylation sites is 1. The predicted octanol–water partition coefficient (Wildman–Crippen LogP) is 3.02. The van der Waals surface area contributed by atoms with E-state index in [1.165, 1.54) is 11.8 Å². The Labute approximate surface area is 155 Å². The summed E-state index contributed by atoms with van der Waals surface area (Å²) in [6.45, 7) is 0. The zero-order chi connectivity index (χ0) is 18.4. The molecule has 26 heavy (non-hydrogen) atoms. The third kappa shape index (κ3) is 4.15. The van der Waals surface area contributed by atoms with E-state index in [2.05, 4.69) is 15.5 Å². The molecule has 8 heteroatoms. The lowest BCUT2D eigenvalue weighted by Gasteiger charge is -2.11. The second-order valence-corrected chi connectivity index (χ2v) is 6.16. The minimum Gasteiger partial charge on any atom is -0.497 e. The Bertz CT molecular complexity index is 883. The molecule has 0 saturated heterocycles. The number of thioether (sulfide) groups is 1. The van der Waals surface area contributed by atoms with Crippen molar-refractivity contribution in [1.82, 2.24) is 14.8 Å². The van der Waals surface area contributed by atoms with Crippen LogP contribution in [-0.4, -0.2) is 40.6 Å². The summed E-state index contributed by atoms with van der Waals surface area (Å²) in [5, 5.41) is 11.5. The molecule has 0 atom stereocenters. The maximum Gasteiger partial charge on any atom is 0.234 e. The van der Waals surface area contributed by atoms with E-state index in [0.29, 0.717) is 22.3 Å². The van der Waals surface area contributed by atoms with Crippen LogP contribution >= 0.6 is 11.8 Å². The van der Waals surface area contributed by atoms with Crippen molar-refractivity contribution in [2.75, 3.05) is 25.3 Å². The zero-order valence-electron chi connectivity index (χ0n) is 14.4. The molecule has 7 nitrogen and oxygen atoms in total. The molecule has 0 bridgehead atoms. The van der Waals surface area contributed by atoms with Crippen LogP contribution in [0.3, 0.4) is 0 Å². The van der Waals surface area contributed by atoms with Crippen molar-refractivity contribution in [2.45, 2.75) is 5.16 Å². The molecule has 3 rings (SSSR count). The van der Waals surface area contributed by atoms with Gasteiger partial charge in [0.05, 0.1) is 25.7 Å². The van der Waals surface area contributed by atoms with Crippen LogP contribution in [0.5, 0.6) is 11.5 Å². The fraction of sp³-hybridized carbons (Fsp3) is 0.167. The van der Waals surface area contributed by atoms with Gasteiger partial charge in [0, 0.05) is 11.8 Å². The van der Waals surface area contributed by atoms with Gasteiger partial charge in [-0.05, 0) is 24.3 Å². The Kier molecular flexibility index (Phi) is 5.75. The fourth-order valence-electron chi connectivity index (χ4n) is 2.32. The molecule has 3 aromatic rings. The normalized spacial score (nSPS) is 10.4. The highest BCUT2D eigenvalue weighted by molar-refractivity contribution is 7.99. The van der Waals surface area contributed by atoms with Crippen LogP contribution in [0.15, 0.2) is 60.0 Å². The second kappa shape index (κ2) is 8.39. The third-order valence-electron chi connectivity index (χ3n) is 3.56. The molecular formula is C18H18N4O3S. The topological polar surface area (TPSA) is 78.3 Å². The Hall–Kier alpha value is -3.00. The highest BCUT2D eigenvalue weighted by Crippen LogP contribution is 2.29. The quantitative estimate of drug-likeness (QED) is 0.644. The first kappa shape index (κ1) is 17.8. The SMILES string of the molecule is COc1ccc(OC)c(NC(=O)CSc2nncn2-c2ccccc2)c1. The first-order valence-corrected chi connectivity index (χ1v) is 8.80. The zero-order valence-corrected chi connectivity index (χ0v) is 15.2. The number of hydrogen-bond donors (Lipinski definition) is 1. The molecule has 0 aliphatic heterocycles. The average molecular weight is 370 g/mol. The van der Waals surface area contributed by atoms with Gasteiger partial charge in [-0.15, -0.1) is 10.2 Å². The van der Waals surface area contributed by atoms with Crippen LogP contribution < -0.4 is 14.8 Å². The number of carbonyl (C=O) groups excluding carboxylic acids is 1. The molecule has 134 valence electrons. The van der Waals surface area contributed by atoms with E-state index in [1.807, 2.05) is 34.9 Å². The molecule has 0 aliphatic carbocycles. The molecule has 1 heterocycles. The van der Waals surface area contributed by atoms with Gasteiger partial charge in [-0.1, -0.05) is 30.0 Å². The van der Waals surface area contributed by atoms with Crippen LogP contribution in [-0.2, 0) is 4.79 Å². The minimum absolute atomic E-state index is 0.177. The van der Waals surface area contributed by atoms with Gasteiger partial charge in [-0.2, -0.15) is 0 Å². The van der Waals surface area contributed by atoms with Crippen molar-refractivity contribution in [2.24, 2.45) is 0 Å². The lowest BCUT2D eigenvalue weighted by atomic mass is 10.2. The Morgan fingerprint density at radius 3 is 2.69 bits per heavy atom. The monoisotopic (exact) mass is 370 g/mol. The van der Waals surface area contributed by atoms with Crippen molar-refractivity contribution >= 4 is 23.4 Å². The summed E-state index contributed by atoms with van der Waals surface area (Å²) in [6, 6.07) is 14.9. The van der Waals surface area contributed by atoms with Crippen molar-refractivity contribution < 1.29 is 14.3 Å². The van der Waals surface area contributed by atoms with Crippen molar-refractivity contribution in [3.05, 3.63) is 54.9 Å². The maximum atomic E-state index is 12.3.